The number of carbonyl (C=O) groups excluding carboxylic acids is 2. The lowest BCUT2D eigenvalue weighted by molar-refractivity contribution is -0.127. The smallest absolute Gasteiger partial charge is 0.220 e. The van der Waals surface area contributed by atoms with E-state index in [1.165, 1.54) is 6.92 Å². The molecule has 0 spiro atoms. The third-order valence-electron chi connectivity index (χ3n) is 1.97. The highest BCUT2D eigenvalue weighted by molar-refractivity contribution is 5.85. The second-order valence-electron chi connectivity index (χ2n) is 3.06. The van der Waals surface area contributed by atoms with Crippen molar-refractivity contribution in [3.05, 3.63) is 0 Å². The first kappa shape index (κ1) is 12.1. The molecule has 0 saturated carbocycles. The molecule has 1 atom stereocenters. The van der Waals surface area contributed by atoms with Gasteiger partial charge in [-0.1, -0.05) is 6.92 Å². The van der Waals surface area contributed by atoms with Gasteiger partial charge in [-0.25, -0.2) is 0 Å². The number of ketones is 1. The van der Waals surface area contributed by atoms with E-state index < -0.39 is 0 Å². The highest BCUT2D eigenvalue weighted by Crippen LogP contribution is 2.08. The maximum Gasteiger partial charge on any atom is 0.220 e. The van der Waals surface area contributed by atoms with E-state index in [0.717, 1.165) is 0 Å². The van der Waals surface area contributed by atoms with E-state index in [4.69, 9.17) is 5.73 Å². The van der Waals surface area contributed by atoms with Crippen LogP contribution in [0.4, 0.5) is 0 Å². The van der Waals surface area contributed by atoms with Gasteiger partial charge in [-0.2, -0.15) is 0 Å². The lowest BCUT2D eigenvalue weighted by atomic mass is 9.98. The van der Waals surface area contributed by atoms with Crippen molar-refractivity contribution >= 4 is 11.7 Å². The van der Waals surface area contributed by atoms with Crippen molar-refractivity contribution in [3.8, 4) is 0 Å². The first-order chi connectivity index (χ1) is 6.11. The zero-order chi connectivity index (χ0) is 10.3. The number of hydrogen-bond donors (Lipinski definition) is 2. The molecule has 0 fully saturated rings. The van der Waals surface area contributed by atoms with Crippen LogP contribution in [0.1, 0.15) is 26.7 Å². The number of nitrogens with two attached hydrogens (primary N) is 1. The van der Waals surface area contributed by atoms with Crippen molar-refractivity contribution in [2.24, 2.45) is 11.7 Å². The van der Waals surface area contributed by atoms with Gasteiger partial charge in [-0.15, -0.1) is 0 Å². The van der Waals surface area contributed by atoms with Crippen LogP contribution in [0.15, 0.2) is 0 Å². The molecule has 0 heterocycles. The standard InChI is InChI=1S/C9H18N2O2/c1-3-8(7(2)12)6-9(13)11-5-4-10/h8H,3-6,10H2,1-2H3,(H,11,13). The number of Topliss-reactive ketones (excluding diaryl/α,β-unsaturated/α-hetero) is 1. The van der Waals surface area contributed by atoms with Gasteiger partial charge in [-0.3, -0.25) is 9.59 Å². The summed E-state index contributed by atoms with van der Waals surface area (Å²) in [7, 11) is 0. The van der Waals surface area contributed by atoms with Crippen molar-refractivity contribution in [2.75, 3.05) is 13.1 Å². The monoisotopic (exact) mass is 186 g/mol. The summed E-state index contributed by atoms with van der Waals surface area (Å²) in [5, 5.41) is 2.64. The molecule has 0 bridgehead atoms. The predicted octanol–water partition coefficient (Wildman–Crippen LogP) is 0.0666. The molecule has 0 aliphatic heterocycles. The minimum atomic E-state index is -0.141. The summed E-state index contributed by atoms with van der Waals surface area (Å²) in [5.41, 5.74) is 5.22. The van der Waals surface area contributed by atoms with Gasteiger partial charge >= 0.3 is 0 Å². The fourth-order valence-electron chi connectivity index (χ4n) is 1.08. The molecule has 4 heteroatoms. The van der Waals surface area contributed by atoms with Crippen LogP contribution in [-0.2, 0) is 9.59 Å². The molecule has 0 rings (SSSR count). The van der Waals surface area contributed by atoms with E-state index in [9.17, 15) is 9.59 Å². The molecular formula is C9H18N2O2. The van der Waals surface area contributed by atoms with Gasteiger partial charge in [0.15, 0.2) is 0 Å². The highest BCUT2D eigenvalue weighted by atomic mass is 16.2. The van der Waals surface area contributed by atoms with E-state index in [0.29, 0.717) is 19.5 Å². The number of amides is 1. The average molecular weight is 186 g/mol. The first-order valence-corrected chi connectivity index (χ1v) is 4.59. The second-order valence-corrected chi connectivity index (χ2v) is 3.06. The summed E-state index contributed by atoms with van der Waals surface area (Å²) >= 11 is 0. The summed E-state index contributed by atoms with van der Waals surface area (Å²) in [6.07, 6.45) is 0.997. The van der Waals surface area contributed by atoms with Crippen molar-refractivity contribution in [3.63, 3.8) is 0 Å². The Bertz CT molecular complexity index is 180. The maximum absolute atomic E-state index is 11.2. The Morgan fingerprint density at radius 1 is 1.46 bits per heavy atom. The summed E-state index contributed by atoms with van der Waals surface area (Å²) in [6, 6.07) is 0. The lowest BCUT2D eigenvalue weighted by Crippen LogP contribution is -2.31. The normalized spacial score (nSPS) is 12.2. The van der Waals surface area contributed by atoms with Gasteiger partial charge in [-0.05, 0) is 13.3 Å². The molecule has 0 aromatic carbocycles. The highest BCUT2D eigenvalue weighted by Gasteiger charge is 2.15. The number of nitrogens with one attached hydrogen (secondary N) is 1. The molecule has 0 aromatic heterocycles. The second kappa shape index (κ2) is 6.60. The summed E-state index contributed by atoms with van der Waals surface area (Å²) in [5.74, 6) is -0.157. The third-order valence-corrected chi connectivity index (χ3v) is 1.97. The van der Waals surface area contributed by atoms with Crippen molar-refractivity contribution in [1.29, 1.82) is 0 Å². The molecule has 0 saturated heterocycles. The fourth-order valence-corrected chi connectivity index (χ4v) is 1.08. The minimum Gasteiger partial charge on any atom is -0.355 e. The van der Waals surface area contributed by atoms with Gasteiger partial charge in [0.2, 0.25) is 5.91 Å². The van der Waals surface area contributed by atoms with E-state index >= 15 is 0 Å². The van der Waals surface area contributed by atoms with Crippen LogP contribution in [0, 0.1) is 5.92 Å². The van der Waals surface area contributed by atoms with Gasteiger partial charge in [0.25, 0.3) is 0 Å². The van der Waals surface area contributed by atoms with Gasteiger partial charge in [0.1, 0.15) is 5.78 Å². The predicted molar refractivity (Wildman–Crippen MR) is 51.1 cm³/mol. The number of rotatable bonds is 6. The van der Waals surface area contributed by atoms with Crippen LogP contribution < -0.4 is 11.1 Å². The molecule has 0 aliphatic rings. The van der Waals surface area contributed by atoms with Gasteiger partial charge < -0.3 is 11.1 Å². The molecule has 3 N–H and O–H groups in total. The topological polar surface area (TPSA) is 72.2 Å². The Labute approximate surface area is 78.9 Å². The molecule has 1 unspecified atom stereocenters. The van der Waals surface area contributed by atoms with E-state index in [1.54, 1.807) is 0 Å². The molecule has 76 valence electrons. The molecule has 4 nitrogen and oxygen atoms in total. The third kappa shape index (κ3) is 5.36. The van der Waals surface area contributed by atoms with Gasteiger partial charge in [0.05, 0.1) is 0 Å². The average Bonchev–Trinajstić information content (AvgIpc) is 2.10. The van der Waals surface area contributed by atoms with Crippen LogP contribution in [0.3, 0.4) is 0 Å². The molecule has 13 heavy (non-hydrogen) atoms. The summed E-state index contributed by atoms with van der Waals surface area (Å²) in [4.78, 5) is 22.1. The van der Waals surface area contributed by atoms with Crippen LogP contribution in [0.5, 0.6) is 0 Å². The Balaban J connectivity index is 3.80. The van der Waals surface area contributed by atoms with Crippen molar-refractivity contribution in [1.82, 2.24) is 5.32 Å². The van der Waals surface area contributed by atoms with Crippen LogP contribution in [0.2, 0.25) is 0 Å². The first-order valence-electron chi connectivity index (χ1n) is 4.59. The molecule has 1 amide bonds. The maximum atomic E-state index is 11.2. The Morgan fingerprint density at radius 3 is 2.46 bits per heavy atom. The largest absolute Gasteiger partial charge is 0.355 e. The zero-order valence-corrected chi connectivity index (χ0v) is 8.30. The van der Waals surface area contributed by atoms with Gasteiger partial charge in [0, 0.05) is 25.4 Å². The number of carbonyl (C=O) groups is 2. The molecule has 0 aromatic rings. The lowest BCUT2D eigenvalue weighted by Gasteiger charge is -2.10. The van der Waals surface area contributed by atoms with Crippen LogP contribution in [-0.4, -0.2) is 24.8 Å². The van der Waals surface area contributed by atoms with Crippen LogP contribution >= 0.6 is 0 Å². The minimum absolute atomic E-state index is 0.0744. The zero-order valence-electron chi connectivity index (χ0n) is 8.30. The SMILES string of the molecule is CCC(CC(=O)NCCN)C(C)=O. The fraction of sp³-hybridized carbons (Fsp3) is 0.778. The Hall–Kier alpha value is -0.900. The molecular weight excluding hydrogens is 168 g/mol. The van der Waals surface area contributed by atoms with Crippen LogP contribution in [0.25, 0.3) is 0 Å². The summed E-state index contributed by atoms with van der Waals surface area (Å²) < 4.78 is 0. The van der Waals surface area contributed by atoms with Crippen molar-refractivity contribution < 1.29 is 9.59 Å². The van der Waals surface area contributed by atoms with E-state index in [-0.39, 0.29) is 24.0 Å². The summed E-state index contributed by atoms with van der Waals surface area (Å²) in [6.45, 7) is 4.34. The van der Waals surface area contributed by atoms with Crippen molar-refractivity contribution in [2.45, 2.75) is 26.7 Å². The Kier molecular flexibility index (Phi) is 6.14. The molecule has 0 aliphatic carbocycles. The quantitative estimate of drug-likeness (QED) is 0.616. The van der Waals surface area contributed by atoms with E-state index in [1.807, 2.05) is 6.92 Å². The van der Waals surface area contributed by atoms with E-state index in [2.05, 4.69) is 5.32 Å². The Morgan fingerprint density at radius 2 is 2.08 bits per heavy atom. The molecule has 0 radical (unpaired) electrons. The number of hydrogen-bond acceptors (Lipinski definition) is 3.